The normalized spacial score (nSPS) is 30.9. The summed E-state index contributed by atoms with van der Waals surface area (Å²) in [6, 6.07) is 7.61. The molecule has 2 bridgehead atoms. The molecule has 0 unspecified atom stereocenters. The minimum Gasteiger partial charge on any atom is -0.481 e. The molecule has 0 aliphatic heterocycles. The molecule has 4 nitrogen and oxygen atoms in total. The second-order valence-corrected chi connectivity index (χ2v) is 6.42. The first-order valence-electron chi connectivity index (χ1n) is 7.66. The van der Waals surface area contributed by atoms with Crippen molar-refractivity contribution < 1.29 is 14.7 Å². The molecule has 3 saturated carbocycles. The van der Waals surface area contributed by atoms with E-state index >= 15 is 0 Å². The number of amides is 1. The van der Waals surface area contributed by atoms with E-state index in [9.17, 15) is 14.7 Å². The van der Waals surface area contributed by atoms with Crippen molar-refractivity contribution in [3.05, 3.63) is 29.8 Å². The van der Waals surface area contributed by atoms with E-state index in [-0.39, 0.29) is 23.7 Å². The van der Waals surface area contributed by atoms with Crippen LogP contribution in [0.25, 0.3) is 0 Å². The van der Waals surface area contributed by atoms with Crippen molar-refractivity contribution in [2.75, 3.05) is 5.32 Å². The maximum Gasteiger partial charge on any atom is 0.307 e. The Morgan fingerprint density at radius 2 is 1.52 bits per heavy atom. The Balaban J connectivity index is 1.78. The minimum atomic E-state index is -0.812. The molecule has 0 saturated heterocycles. The van der Waals surface area contributed by atoms with Gasteiger partial charge in [0.05, 0.1) is 11.8 Å². The van der Waals surface area contributed by atoms with Gasteiger partial charge in [0, 0.05) is 5.69 Å². The number of hydrogen-bond acceptors (Lipinski definition) is 2. The number of nitrogens with one attached hydrogen (secondary N) is 1. The van der Waals surface area contributed by atoms with Crippen molar-refractivity contribution in [2.45, 2.75) is 32.6 Å². The Bertz CT molecular complexity index is 544. The zero-order valence-electron chi connectivity index (χ0n) is 12.2. The largest absolute Gasteiger partial charge is 0.481 e. The maximum absolute atomic E-state index is 12.6. The summed E-state index contributed by atoms with van der Waals surface area (Å²) in [4.78, 5) is 24.2. The third-order valence-corrected chi connectivity index (χ3v) is 5.13. The molecule has 1 aromatic carbocycles. The van der Waals surface area contributed by atoms with E-state index in [2.05, 4.69) is 5.32 Å². The summed E-state index contributed by atoms with van der Waals surface area (Å²) in [5, 5.41) is 12.4. The molecule has 3 aliphatic carbocycles. The average Bonchev–Trinajstić information content (AvgIpc) is 2.49. The van der Waals surface area contributed by atoms with Crippen LogP contribution in [0.3, 0.4) is 0 Å². The molecule has 4 heteroatoms. The molecule has 0 heterocycles. The summed E-state index contributed by atoms with van der Waals surface area (Å²) in [6.45, 7) is 1.99. The smallest absolute Gasteiger partial charge is 0.307 e. The zero-order valence-corrected chi connectivity index (χ0v) is 12.2. The molecule has 4 rings (SSSR count). The number of aryl methyl sites for hydroxylation is 1. The molecule has 2 N–H and O–H groups in total. The van der Waals surface area contributed by atoms with Gasteiger partial charge in [0.15, 0.2) is 0 Å². The second kappa shape index (κ2) is 5.51. The van der Waals surface area contributed by atoms with Crippen LogP contribution < -0.4 is 5.32 Å². The molecule has 1 amide bonds. The van der Waals surface area contributed by atoms with E-state index < -0.39 is 11.9 Å². The lowest BCUT2D eigenvalue weighted by atomic mass is 9.58. The van der Waals surface area contributed by atoms with Crippen LogP contribution in [0.2, 0.25) is 0 Å². The standard InChI is InChI=1S/C17H21NO3/c1-10-2-8-13(9-3-10)18-16(19)14-11-4-6-12(7-5-11)15(14)17(20)21/h2-3,8-9,11-12,14-15H,4-7H2,1H3,(H,18,19)(H,20,21)/t11?,12?,14-,15-/m0/s1. The van der Waals surface area contributed by atoms with Gasteiger partial charge in [0.1, 0.15) is 0 Å². The third kappa shape index (κ3) is 2.67. The van der Waals surface area contributed by atoms with Crippen molar-refractivity contribution in [1.29, 1.82) is 0 Å². The Kier molecular flexibility index (Phi) is 3.70. The number of benzene rings is 1. The molecule has 3 fully saturated rings. The van der Waals surface area contributed by atoms with E-state index in [0.717, 1.165) is 36.9 Å². The number of carbonyl (C=O) groups excluding carboxylic acids is 1. The van der Waals surface area contributed by atoms with Crippen molar-refractivity contribution >= 4 is 17.6 Å². The van der Waals surface area contributed by atoms with Gasteiger partial charge >= 0.3 is 5.97 Å². The fraction of sp³-hybridized carbons (Fsp3) is 0.529. The quantitative estimate of drug-likeness (QED) is 0.898. The number of hydrogen-bond donors (Lipinski definition) is 2. The van der Waals surface area contributed by atoms with Crippen LogP contribution in [0.15, 0.2) is 24.3 Å². The number of anilines is 1. The number of aliphatic carboxylic acids is 1. The molecule has 0 aromatic heterocycles. The fourth-order valence-corrected chi connectivity index (χ4v) is 4.04. The van der Waals surface area contributed by atoms with Crippen molar-refractivity contribution in [1.82, 2.24) is 0 Å². The van der Waals surface area contributed by atoms with Crippen molar-refractivity contribution in [2.24, 2.45) is 23.7 Å². The first-order chi connectivity index (χ1) is 10.1. The molecule has 2 atom stereocenters. The van der Waals surface area contributed by atoms with Crippen molar-refractivity contribution in [3.8, 4) is 0 Å². The molecular formula is C17H21NO3. The first-order valence-corrected chi connectivity index (χ1v) is 7.66. The van der Waals surface area contributed by atoms with Gasteiger partial charge in [-0.25, -0.2) is 0 Å². The summed E-state index contributed by atoms with van der Waals surface area (Å²) in [6.07, 6.45) is 3.88. The van der Waals surface area contributed by atoms with E-state index in [4.69, 9.17) is 0 Å². The van der Waals surface area contributed by atoms with Crippen LogP contribution in [0.5, 0.6) is 0 Å². The highest BCUT2D eigenvalue weighted by atomic mass is 16.4. The van der Waals surface area contributed by atoms with Gasteiger partial charge in [0.25, 0.3) is 0 Å². The topological polar surface area (TPSA) is 66.4 Å². The molecule has 112 valence electrons. The summed E-state index contributed by atoms with van der Waals surface area (Å²) in [7, 11) is 0. The molecular weight excluding hydrogens is 266 g/mol. The monoisotopic (exact) mass is 287 g/mol. The van der Waals surface area contributed by atoms with E-state index in [0.29, 0.717) is 0 Å². The van der Waals surface area contributed by atoms with Gasteiger partial charge in [0.2, 0.25) is 5.91 Å². The van der Waals surface area contributed by atoms with Crippen LogP contribution in [-0.2, 0) is 9.59 Å². The Hall–Kier alpha value is -1.84. The Morgan fingerprint density at radius 1 is 1.00 bits per heavy atom. The van der Waals surface area contributed by atoms with Gasteiger partial charge in [-0.2, -0.15) is 0 Å². The predicted molar refractivity (Wildman–Crippen MR) is 79.9 cm³/mol. The number of carbonyl (C=O) groups is 2. The number of fused-ring (bicyclic) bond motifs is 3. The van der Waals surface area contributed by atoms with Crippen LogP contribution in [-0.4, -0.2) is 17.0 Å². The van der Waals surface area contributed by atoms with E-state index in [1.807, 2.05) is 31.2 Å². The van der Waals surface area contributed by atoms with E-state index in [1.165, 1.54) is 0 Å². The third-order valence-electron chi connectivity index (χ3n) is 5.13. The molecule has 0 spiro atoms. The molecule has 0 radical (unpaired) electrons. The van der Waals surface area contributed by atoms with Crippen molar-refractivity contribution in [3.63, 3.8) is 0 Å². The molecule has 3 aliphatic rings. The minimum absolute atomic E-state index is 0.124. The van der Waals surface area contributed by atoms with Crippen LogP contribution >= 0.6 is 0 Å². The van der Waals surface area contributed by atoms with Gasteiger partial charge in [-0.05, 0) is 56.6 Å². The highest BCUT2D eigenvalue weighted by Gasteiger charge is 2.50. The summed E-state index contributed by atoms with van der Waals surface area (Å²) >= 11 is 0. The van der Waals surface area contributed by atoms with Gasteiger partial charge in [-0.3, -0.25) is 9.59 Å². The highest BCUT2D eigenvalue weighted by Crippen LogP contribution is 2.49. The number of carboxylic acids is 1. The maximum atomic E-state index is 12.6. The first kappa shape index (κ1) is 14.1. The zero-order chi connectivity index (χ0) is 15.0. The van der Waals surface area contributed by atoms with Crippen LogP contribution in [0.4, 0.5) is 5.69 Å². The van der Waals surface area contributed by atoms with Crippen LogP contribution in [0, 0.1) is 30.6 Å². The van der Waals surface area contributed by atoms with Gasteiger partial charge in [-0.15, -0.1) is 0 Å². The lowest BCUT2D eigenvalue weighted by Crippen LogP contribution is -2.49. The van der Waals surface area contributed by atoms with Gasteiger partial charge in [-0.1, -0.05) is 17.7 Å². The van der Waals surface area contributed by atoms with Crippen LogP contribution in [0.1, 0.15) is 31.2 Å². The van der Waals surface area contributed by atoms with E-state index in [1.54, 1.807) is 0 Å². The molecule has 1 aromatic rings. The summed E-state index contributed by atoms with van der Waals surface area (Å²) in [5.74, 6) is -1.43. The number of carboxylic acid groups (broad SMARTS) is 1. The Morgan fingerprint density at radius 3 is 2.05 bits per heavy atom. The average molecular weight is 287 g/mol. The highest BCUT2D eigenvalue weighted by molar-refractivity contribution is 5.95. The van der Waals surface area contributed by atoms with Gasteiger partial charge < -0.3 is 10.4 Å². The number of rotatable bonds is 3. The lowest BCUT2D eigenvalue weighted by Gasteiger charge is -2.45. The Labute approximate surface area is 124 Å². The second-order valence-electron chi connectivity index (χ2n) is 6.42. The fourth-order valence-electron chi connectivity index (χ4n) is 4.04. The molecule has 21 heavy (non-hydrogen) atoms. The summed E-state index contributed by atoms with van der Waals surface area (Å²) in [5.41, 5.74) is 1.88. The SMILES string of the molecule is Cc1ccc(NC(=O)[C@H]2C3CCC(CC3)[C@@H]2C(=O)O)cc1. The summed E-state index contributed by atoms with van der Waals surface area (Å²) < 4.78 is 0. The lowest BCUT2D eigenvalue weighted by molar-refractivity contribution is -0.156. The predicted octanol–water partition coefficient (Wildman–Crippen LogP) is 3.07.